The van der Waals surface area contributed by atoms with Crippen molar-refractivity contribution in [1.82, 2.24) is 98.9 Å². The Morgan fingerprint density at radius 3 is 1.28 bits per heavy atom. The van der Waals surface area contributed by atoms with E-state index in [1.54, 1.807) is 82.2 Å². The number of hydrogen-bond acceptors (Lipinski definition) is 40. The molecule has 52 nitrogen and oxygen atoms in total. The van der Waals surface area contributed by atoms with E-state index in [4.69, 9.17) is 37.9 Å². The van der Waals surface area contributed by atoms with Crippen molar-refractivity contribution in [2.75, 3.05) is 0 Å². The summed E-state index contributed by atoms with van der Waals surface area (Å²) in [5, 5.41) is 221. The minimum Gasteiger partial charge on any atom is -0.479 e. The lowest BCUT2D eigenvalue weighted by Crippen LogP contribution is -2.62. The van der Waals surface area contributed by atoms with Gasteiger partial charge in [0.15, 0.2) is 61.4 Å². The molecule has 4 aliphatic carbocycles. The first-order chi connectivity index (χ1) is 69.5. The second-order valence-corrected chi connectivity index (χ2v) is 36.6. The molecular weight excluding hydrogens is 1890 g/mol. The van der Waals surface area contributed by atoms with Crippen molar-refractivity contribution in [2.45, 2.75) is 280 Å². The predicted molar refractivity (Wildman–Crippen MR) is 483 cm³/mol. The van der Waals surface area contributed by atoms with Crippen LogP contribution in [0.4, 0.5) is 0 Å². The maximum atomic E-state index is 11.6. The molecule has 16 heterocycles. The van der Waals surface area contributed by atoms with Crippen LogP contribution in [0.2, 0.25) is 0 Å². The Labute approximate surface area is 814 Å². The molecule has 4 saturated carbocycles. The minimum atomic E-state index is -1.85. The van der Waals surface area contributed by atoms with Gasteiger partial charge in [-0.15, -0.1) is 0 Å². The third-order valence-corrected chi connectivity index (χ3v) is 28.0. The number of rotatable bonds is 28. The average molecular weight is 1990 g/mol. The fourth-order valence-corrected chi connectivity index (χ4v) is 20.7. The van der Waals surface area contributed by atoms with Crippen LogP contribution in [0, 0.1) is 63.1 Å². The minimum absolute atomic E-state index is 0.0147. The molecule has 4 saturated heterocycles. The SMILES string of the molecule is N#CC(OC1OC(C(=O)O)C(O)C(O)C1O)C(C1CCCC1)n1cc(-c2ncnc3[nH]ccc23)cn1.N#CCC(C1CCCC1OC1OC(C(=O)O)C(O)C(O)C1O)n1cc(-c2ncnc3[nH]ccc23)cn1.N#CCC(OC1OC(C(=O)O)C(O)C(O)C1O)(C1CCCC1)n1cc(-c2ncnc3[nH]ccc23)cn1.N#CCC(n1cc(-c2ncnc3[nH]ccc23)cn1)C1(OC2OC(C(=O)O)C(O)C(O)C2O)CCCC1. The third kappa shape index (κ3) is 20.4. The molecule has 20 rings (SSSR count). The molecular formula is C92H104N24O28. The Kier molecular flexibility index (Phi) is 31.0. The Bertz CT molecular complexity index is 6550. The van der Waals surface area contributed by atoms with Crippen molar-refractivity contribution >= 4 is 68.0 Å². The number of aliphatic carboxylic acids is 4. The first-order valence-corrected chi connectivity index (χ1v) is 46.7. The zero-order valence-corrected chi connectivity index (χ0v) is 76.4. The van der Waals surface area contributed by atoms with Crippen LogP contribution < -0.4 is 0 Å². The molecule has 8 fully saturated rings. The van der Waals surface area contributed by atoms with Crippen LogP contribution in [0.1, 0.15) is 134 Å². The highest BCUT2D eigenvalue weighted by molar-refractivity contribution is 5.93. The highest BCUT2D eigenvalue weighted by Crippen LogP contribution is 2.50. The molecule has 144 heavy (non-hydrogen) atoms. The first kappa shape index (κ1) is 102. The third-order valence-electron chi connectivity index (χ3n) is 28.0. The summed E-state index contributed by atoms with van der Waals surface area (Å²) in [6.45, 7) is 0. The quantitative estimate of drug-likeness (QED) is 0.0332. The average Bonchev–Trinajstić information content (AvgIpc) is 1.28. The van der Waals surface area contributed by atoms with E-state index in [1.807, 2.05) is 30.5 Å². The lowest BCUT2D eigenvalue weighted by Gasteiger charge is -2.45. The van der Waals surface area contributed by atoms with E-state index in [0.717, 1.165) is 84.9 Å². The van der Waals surface area contributed by atoms with Crippen molar-refractivity contribution in [3.8, 4) is 69.3 Å². The number of carbonyl (C=O) groups is 4. The van der Waals surface area contributed by atoms with Crippen LogP contribution in [0.3, 0.4) is 0 Å². The summed E-state index contributed by atoms with van der Waals surface area (Å²) in [6.07, 6.45) is 1.21. The maximum Gasteiger partial charge on any atom is 0.335 e. The number of nitrogens with one attached hydrogen (secondary N) is 4. The second-order valence-electron chi connectivity index (χ2n) is 36.6. The number of aliphatic hydroxyl groups is 12. The summed E-state index contributed by atoms with van der Waals surface area (Å²) in [5.74, 6) is -6.41. The molecule has 8 aliphatic rings. The van der Waals surface area contributed by atoms with Crippen LogP contribution in [0.5, 0.6) is 0 Å². The normalized spacial score (nSPS) is 29.3. The Balaban J connectivity index is 0.000000132. The number of aromatic nitrogens is 20. The molecule has 27 unspecified atom stereocenters. The van der Waals surface area contributed by atoms with E-state index >= 15 is 0 Å². The van der Waals surface area contributed by atoms with Crippen molar-refractivity contribution in [2.24, 2.45) is 17.8 Å². The van der Waals surface area contributed by atoms with Gasteiger partial charge in [-0.2, -0.15) is 41.4 Å². The molecule has 0 bridgehead atoms. The van der Waals surface area contributed by atoms with E-state index in [9.17, 15) is 122 Å². The van der Waals surface area contributed by atoms with Gasteiger partial charge in [-0.05, 0) is 81.5 Å². The highest BCUT2D eigenvalue weighted by atomic mass is 16.7. The summed E-state index contributed by atoms with van der Waals surface area (Å²) in [7, 11) is 0. The number of carboxylic acids is 4. The number of aromatic amines is 4. The summed E-state index contributed by atoms with van der Waals surface area (Å²) in [5.41, 5.74) is 5.67. The van der Waals surface area contributed by atoms with Gasteiger partial charge in [-0.1, -0.05) is 44.9 Å². The van der Waals surface area contributed by atoms with Crippen LogP contribution in [0.25, 0.3) is 89.2 Å². The molecule has 52 heteroatoms. The van der Waals surface area contributed by atoms with Gasteiger partial charge >= 0.3 is 23.9 Å². The largest absolute Gasteiger partial charge is 0.479 e. The van der Waals surface area contributed by atoms with Crippen molar-refractivity contribution in [3.05, 3.63) is 124 Å². The number of H-pyrrole nitrogens is 4. The fourth-order valence-electron chi connectivity index (χ4n) is 20.7. The van der Waals surface area contributed by atoms with Gasteiger partial charge in [0, 0.05) is 105 Å². The van der Waals surface area contributed by atoms with Crippen LogP contribution >= 0.6 is 0 Å². The zero-order valence-electron chi connectivity index (χ0n) is 76.4. The Morgan fingerprint density at radius 2 is 0.826 bits per heavy atom. The predicted octanol–water partition coefficient (Wildman–Crippen LogP) is 1.69. The zero-order chi connectivity index (χ0) is 102. The molecule has 760 valence electrons. The van der Waals surface area contributed by atoms with Crippen molar-refractivity contribution in [1.29, 1.82) is 21.0 Å². The maximum absolute atomic E-state index is 11.6. The lowest BCUT2D eigenvalue weighted by atomic mass is 9.89. The number of nitriles is 4. The number of fused-ring (bicyclic) bond motifs is 4. The molecule has 0 radical (unpaired) electrons. The summed E-state index contributed by atoms with van der Waals surface area (Å²) >= 11 is 0. The van der Waals surface area contributed by atoms with E-state index in [2.05, 4.69) is 104 Å². The van der Waals surface area contributed by atoms with Gasteiger partial charge in [0.05, 0.1) is 121 Å². The van der Waals surface area contributed by atoms with Gasteiger partial charge in [0.25, 0.3) is 0 Å². The molecule has 20 N–H and O–H groups in total. The molecule has 12 aromatic rings. The number of hydrogen-bond donors (Lipinski definition) is 20. The van der Waals surface area contributed by atoms with E-state index in [1.165, 1.54) is 30.0 Å². The number of carboxylic acid groups (broad SMARTS) is 4. The Hall–Kier alpha value is -13.6. The van der Waals surface area contributed by atoms with E-state index < -0.39 is 182 Å². The molecule has 4 aliphatic heterocycles. The molecule has 0 amide bonds. The summed E-state index contributed by atoms with van der Waals surface area (Å²) in [4.78, 5) is 92.6. The summed E-state index contributed by atoms with van der Waals surface area (Å²) < 4.78 is 52.1. The Morgan fingerprint density at radius 1 is 0.431 bits per heavy atom. The van der Waals surface area contributed by atoms with Crippen LogP contribution in [-0.2, 0) is 62.8 Å². The standard InChI is InChI=1S/4C23H26N6O7/c24-7-3-14(29-10-12(9-28-29)15-13-4-8-25-20(13)27-11-26-15)23(5-1-2-6-23)36-22-18(32)16(30)17(31)19(35-22)21(33)34;24-6-4-14(29-9-11(8-28-29)16-13-5-7-25-21(13)27-10-26-16)12-2-1-3-15(12)35-23-19(32)17(30)18(31)20(36-23)22(33)34;24-7-6-23(13-3-1-2-4-13,36-22-18(32)16(30)17(31)19(35-22)21(33)34)29-10-12(9-28-29)15-14-5-8-25-20(14)27-11-26-15;24-7-14(35-23-19(32)17(30)18(31)20(36-23)22(33)34)16(11-3-1-2-4-11)29-9-12(8-28-29)15-13-5-6-25-21(13)27-10-26-15/h4,8-11,14,16-19,22,30-32H,1-3,5-6H2,(H,33,34)(H,25,26,27);5,7-10,12,14-15,17-20,23,30-32H,1-4H2,(H,33,34)(H,25,26,27);5,8-11,13,16-19,22,30-32H,1-4,6H2,(H,33,34)(H,25,26,27);5-6,8-11,14,16-20,23,30-32H,1-4H2,(H,33,34)(H,25,26,27). The monoisotopic (exact) mass is 1990 g/mol. The molecule has 0 aromatic carbocycles. The van der Waals surface area contributed by atoms with Crippen LogP contribution in [0.15, 0.2) is 124 Å². The topological polar surface area (TPSA) is 799 Å². The van der Waals surface area contributed by atoms with Gasteiger partial charge in [-0.25, -0.2) is 63.7 Å². The van der Waals surface area contributed by atoms with Crippen LogP contribution in [-0.4, -0.2) is 345 Å². The lowest BCUT2D eigenvalue weighted by molar-refractivity contribution is -0.344. The second kappa shape index (κ2) is 43.9. The fraction of sp³-hybridized carbons (Fsp3) is 0.522. The van der Waals surface area contributed by atoms with Crippen molar-refractivity contribution in [3.63, 3.8) is 0 Å². The van der Waals surface area contributed by atoms with Gasteiger partial charge in [0.1, 0.15) is 121 Å². The van der Waals surface area contributed by atoms with E-state index in [-0.39, 0.29) is 43.1 Å². The number of nitrogens with zero attached hydrogens (tertiary/aromatic N) is 20. The van der Waals surface area contributed by atoms with Crippen molar-refractivity contribution < 1.29 is 139 Å². The van der Waals surface area contributed by atoms with E-state index in [0.29, 0.717) is 101 Å². The van der Waals surface area contributed by atoms with Gasteiger partial charge < -0.3 is 140 Å². The smallest absolute Gasteiger partial charge is 0.335 e. The van der Waals surface area contributed by atoms with Gasteiger partial charge in [-0.3, -0.25) is 14.0 Å². The molecule has 0 spiro atoms. The number of ether oxygens (including phenoxy) is 8. The first-order valence-electron chi connectivity index (χ1n) is 46.7. The summed E-state index contributed by atoms with van der Waals surface area (Å²) in [6, 6.07) is 14.5. The molecule has 12 aromatic heterocycles. The van der Waals surface area contributed by atoms with Gasteiger partial charge in [0.2, 0.25) is 0 Å². The number of aliphatic hydroxyl groups excluding tert-OH is 12. The molecule has 27 atom stereocenters. The highest BCUT2D eigenvalue weighted by Gasteiger charge is 2.58.